The molecule has 0 unspecified atom stereocenters. The fourth-order valence-corrected chi connectivity index (χ4v) is 0.369. The van der Waals surface area contributed by atoms with E-state index in [1.54, 1.807) is 0 Å². The van der Waals surface area contributed by atoms with Crippen molar-refractivity contribution in [3.05, 3.63) is 0 Å². The zero-order valence-corrected chi connectivity index (χ0v) is 5.43. The lowest BCUT2D eigenvalue weighted by atomic mass is 10.4. The van der Waals surface area contributed by atoms with Crippen LogP contribution in [0.2, 0.25) is 0 Å². The van der Waals surface area contributed by atoms with Crippen molar-refractivity contribution in [3.63, 3.8) is 0 Å². The molecule has 9 heavy (non-hydrogen) atoms. The monoisotopic (exact) mass is 153 g/mol. The Balaban J connectivity index is 3.16. The number of carboxylic acid groups (broad SMARTS) is 1. The van der Waals surface area contributed by atoms with Gasteiger partial charge in [0.25, 0.3) is 0 Å². The summed E-state index contributed by atoms with van der Waals surface area (Å²) in [5.74, 6) is 0.0419. The summed E-state index contributed by atoms with van der Waals surface area (Å²) in [5, 5.41) is 18.6. The summed E-state index contributed by atoms with van der Waals surface area (Å²) in [6.07, 6.45) is -1.94. The highest BCUT2D eigenvalue weighted by molar-refractivity contribution is 6.18. The maximum Gasteiger partial charge on any atom is 0.404 e. The van der Waals surface area contributed by atoms with Crippen molar-refractivity contribution < 1.29 is 15.0 Å². The highest BCUT2D eigenvalue weighted by Gasteiger charge is 2.01. The summed E-state index contributed by atoms with van der Waals surface area (Å²) in [4.78, 5) is 9.75. The van der Waals surface area contributed by atoms with Gasteiger partial charge in [-0.1, -0.05) is 0 Å². The van der Waals surface area contributed by atoms with Gasteiger partial charge in [-0.3, -0.25) is 0 Å². The molecule has 0 saturated heterocycles. The number of amides is 1. The molecule has 0 aliphatic carbocycles. The molecule has 1 atom stereocenters. The Morgan fingerprint density at radius 3 is 2.67 bits per heavy atom. The molecule has 4 nitrogen and oxygen atoms in total. The number of nitrogens with one attached hydrogen (secondary N) is 1. The average molecular weight is 154 g/mol. The van der Waals surface area contributed by atoms with Crippen LogP contribution in [0.25, 0.3) is 0 Å². The zero-order valence-electron chi connectivity index (χ0n) is 4.67. The van der Waals surface area contributed by atoms with Crippen LogP contribution in [0.5, 0.6) is 0 Å². The SMILES string of the molecule is O=C(O)NC[C@@H](O)CCl. The Morgan fingerprint density at radius 2 is 2.33 bits per heavy atom. The maximum absolute atomic E-state index is 9.75. The van der Waals surface area contributed by atoms with Crippen molar-refractivity contribution in [1.29, 1.82) is 0 Å². The number of hydrogen-bond donors (Lipinski definition) is 3. The van der Waals surface area contributed by atoms with E-state index in [9.17, 15) is 4.79 Å². The molecule has 0 aromatic rings. The van der Waals surface area contributed by atoms with Gasteiger partial charge in [-0.2, -0.15) is 0 Å². The third kappa shape index (κ3) is 5.39. The highest BCUT2D eigenvalue weighted by atomic mass is 35.5. The van der Waals surface area contributed by atoms with Gasteiger partial charge in [-0.05, 0) is 0 Å². The van der Waals surface area contributed by atoms with E-state index >= 15 is 0 Å². The minimum absolute atomic E-state index is 0.0150. The molecule has 0 radical (unpaired) electrons. The summed E-state index contributed by atoms with van der Waals surface area (Å²) in [6.45, 7) is -0.0150. The molecule has 0 heterocycles. The van der Waals surface area contributed by atoms with Crippen molar-refractivity contribution in [2.45, 2.75) is 6.10 Å². The van der Waals surface area contributed by atoms with Crippen LogP contribution in [0, 0.1) is 0 Å². The van der Waals surface area contributed by atoms with Gasteiger partial charge in [0.15, 0.2) is 0 Å². The first-order valence-corrected chi connectivity index (χ1v) is 2.91. The van der Waals surface area contributed by atoms with Gasteiger partial charge in [0.2, 0.25) is 0 Å². The van der Waals surface area contributed by atoms with Crippen molar-refractivity contribution in [2.24, 2.45) is 0 Å². The summed E-state index contributed by atoms with van der Waals surface area (Å²) >= 11 is 5.15. The molecule has 0 aliphatic rings. The lowest BCUT2D eigenvalue weighted by Gasteiger charge is -2.04. The molecule has 0 saturated carbocycles. The average Bonchev–Trinajstić information content (AvgIpc) is 1.83. The Hall–Kier alpha value is -0.480. The van der Waals surface area contributed by atoms with E-state index in [2.05, 4.69) is 0 Å². The second kappa shape index (κ2) is 4.40. The number of alkyl halides is 1. The normalized spacial score (nSPS) is 12.7. The predicted octanol–water partition coefficient (Wildman–Crippen LogP) is -0.146. The Kier molecular flexibility index (Phi) is 4.17. The molecule has 3 N–H and O–H groups in total. The molecule has 5 heteroatoms. The molecule has 54 valence electrons. The Morgan fingerprint density at radius 1 is 1.78 bits per heavy atom. The van der Waals surface area contributed by atoms with Crippen molar-refractivity contribution >= 4 is 17.7 Å². The van der Waals surface area contributed by atoms with Crippen LogP contribution < -0.4 is 5.32 Å². The van der Waals surface area contributed by atoms with Crippen LogP contribution in [0.1, 0.15) is 0 Å². The summed E-state index contributed by atoms with van der Waals surface area (Å²) < 4.78 is 0. The maximum atomic E-state index is 9.75. The molecule has 0 aromatic heterocycles. The molecule has 1 amide bonds. The van der Waals surface area contributed by atoms with Crippen molar-refractivity contribution in [1.82, 2.24) is 5.32 Å². The predicted molar refractivity (Wildman–Crippen MR) is 32.8 cm³/mol. The van der Waals surface area contributed by atoms with E-state index in [0.29, 0.717) is 0 Å². The molecular weight excluding hydrogens is 146 g/mol. The number of carbonyl (C=O) groups is 1. The Bertz CT molecular complexity index is 97.8. The number of hydrogen-bond acceptors (Lipinski definition) is 2. The van der Waals surface area contributed by atoms with Gasteiger partial charge in [-0.25, -0.2) is 4.79 Å². The standard InChI is InChI=1S/C4H8ClNO3/c5-1-3(7)2-6-4(8)9/h3,6-7H,1-2H2,(H,8,9)/t3-/m0/s1. The van der Waals surface area contributed by atoms with E-state index in [0.717, 1.165) is 0 Å². The minimum Gasteiger partial charge on any atom is -0.465 e. The molecule has 0 aliphatic heterocycles. The zero-order chi connectivity index (χ0) is 7.28. The second-order valence-electron chi connectivity index (χ2n) is 1.49. The molecule has 0 fully saturated rings. The van der Waals surface area contributed by atoms with Crippen molar-refractivity contribution in [3.8, 4) is 0 Å². The van der Waals surface area contributed by atoms with E-state index in [-0.39, 0.29) is 12.4 Å². The van der Waals surface area contributed by atoms with E-state index in [1.165, 1.54) is 0 Å². The number of aliphatic hydroxyl groups is 1. The summed E-state index contributed by atoms with van der Waals surface area (Å²) in [7, 11) is 0. The number of halogens is 1. The fraction of sp³-hybridized carbons (Fsp3) is 0.750. The van der Waals surface area contributed by atoms with Crippen LogP contribution >= 0.6 is 11.6 Å². The van der Waals surface area contributed by atoms with Crippen LogP contribution in [-0.4, -0.2) is 34.8 Å². The van der Waals surface area contributed by atoms with E-state index < -0.39 is 12.2 Å². The summed E-state index contributed by atoms with van der Waals surface area (Å²) in [5.41, 5.74) is 0. The van der Waals surface area contributed by atoms with Gasteiger partial charge < -0.3 is 15.5 Å². The fourth-order valence-electron chi connectivity index (χ4n) is 0.260. The molecule has 0 rings (SSSR count). The largest absolute Gasteiger partial charge is 0.465 e. The third-order valence-corrected chi connectivity index (χ3v) is 1.02. The minimum atomic E-state index is -1.15. The summed E-state index contributed by atoms with van der Waals surface area (Å²) in [6, 6.07) is 0. The van der Waals surface area contributed by atoms with Gasteiger partial charge >= 0.3 is 6.09 Å². The first-order valence-electron chi connectivity index (χ1n) is 2.37. The van der Waals surface area contributed by atoms with E-state index in [1.807, 2.05) is 5.32 Å². The first kappa shape index (κ1) is 8.52. The second-order valence-corrected chi connectivity index (χ2v) is 1.80. The van der Waals surface area contributed by atoms with Crippen molar-refractivity contribution in [2.75, 3.05) is 12.4 Å². The first-order chi connectivity index (χ1) is 4.16. The Labute approximate surface area is 57.4 Å². The van der Waals surface area contributed by atoms with Crippen LogP contribution in [0.15, 0.2) is 0 Å². The van der Waals surface area contributed by atoms with Crippen LogP contribution in [0.4, 0.5) is 4.79 Å². The molecule has 0 spiro atoms. The van der Waals surface area contributed by atoms with Gasteiger partial charge in [0.05, 0.1) is 12.0 Å². The van der Waals surface area contributed by atoms with Gasteiger partial charge in [0.1, 0.15) is 0 Å². The lowest BCUT2D eigenvalue weighted by Crippen LogP contribution is -2.31. The molecule has 0 bridgehead atoms. The topological polar surface area (TPSA) is 69.6 Å². The number of aliphatic hydroxyl groups excluding tert-OH is 1. The molecular formula is C4H8ClNO3. The van der Waals surface area contributed by atoms with E-state index in [4.69, 9.17) is 21.8 Å². The van der Waals surface area contributed by atoms with Gasteiger partial charge in [-0.15, -0.1) is 11.6 Å². The lowest BCUT2D eigenvalue weighted by molar-refractivity contribution is 0.170. The smallest absolute Gasteiger partial charge is 0.404 e. The van der Waals surface area contributed by atoms with Crippen LogP contribution in [0.3, 0.4) is 0 Å². The number of rotatable bonds is 3. The quantitative estimate of drug-likeness (QED) is 0.494. The molecule has 0 aromatic carbocycles. The van der Waals surface area contributed by atoms with Crippen LogP contribution in [-0.2, 0) is 0 Å². The van der Waals surface area contributed by atoms with Gasteiger partial charge in [0, 0.05) is 6.54 Å². The highest BCUT2D eigenvalue weighted by Crippen LogP contribution is 1.83. The third-order valence-electron chi connectivity index (χ3n) is 0.667.